The Morgan fingerprint density at radius 1 is 1.37 bits per heavy atom. The van der Waals surface area contributed by atoms with Crippen LogP contribution in [0.15, 0.2) is 40.9 Å². The minimum absolute atomic E-state index is 0.0886. The summed E-state index contributed by atoms with van der Waals surface area (Å²) in [6, 6.07) is 3.47. The molecule has 158 valence electrons. The Labute approximate surface area is 176 Å². The number of hydrogen-bond donors (Lipinski definition) is 1. The Morgan fingerprint density at radius 2 is 2.10 bits per heavy atom. The van der Waals surface area contributed by atoms with Crippen molar-refractivity contribution in [3.8, 4) is 11.5 Å². The predicted molar refractivity (Wildman–Crippen MR) is 114 cm³/mol. The van der Waals surface area contributed by atoms with Crippen molar-refractivity contribution in [2.45, 2.75) is 57.9 Å². The van der Waals surface area contributed by atoms with Gasteiger partial charge in [-0.05, 0) is 70.5 Å². The van der Waals surface area contributed by atoms with Gasteiger partial charge >= 0.3 is 6.03 Å². The largest absolute Gasteiger partial charge is 0.492 e. The van der Waals surface area contributed by atoms with Crippen LogP contribution in [0.25, 0.3) is 0 Å². The standard InChI is InChI=1S/C23H27N3O4/c1-6-22(4)20(27)26(21(28)25-22)17(24-5)10-8-15(3)30-16-9-7-14(2)19-18(16)23(11-12-23)13-29-19/h7-10H,5-6,11-13H2,1-4H3,(H,25,28)/b15-8+,17-10+/t22-/m1/s1. The van der Waals surface area contributed by atoms with Crippen LogP contribution in [0.4, 0.5) is 4.79 Å². The number of fused-ring (bicyclic) bond motifs is 2. The van der Waals surface area contributed by atoms with Gasteiger partial charge < -0.3 is 14.8 Å². The lowest BCUT2D eigenvalue weighted by Gasteiger charge is -2.19. The van der Waals surface area contributed by atoms with Crippen LogP contribution in [-0.2, 0) is 10.2 Å². The lowest BCUT2D eigenvalue weighted by Crippen LogP contribution is -2.42. The third-order valence-electron chi connectivity index (χ3n) is 6.29. The van der Waals surface area contributed by atoms with E-state index in [1.54, 1.807) is 19.1 Å². The zero-order valence-corrected chi connectivity index (χ0v) is 17.9. The number of rotatable bonds is 6. The zero-order chi connectivity index (χ0) is 21.7. The van der Waals surface area contributed by atoms with E-state index in [4.69, 9.17) is 9.47 Å². The van der Waals surface area contributed by atoms with Gasteiger partial charge in [-0.25, -0.2) is 14.7 Å². The second kappa shape index (κ2) is 7.00. The molecule has 3 amide bonds. The fourth-order valence-corrected chi connectivity index (χ4v) is 4.00. The molecule has 2 aliphatic heterocycles. The van der Waals surface area contributed by atoms with Gasteiger partial charge in [0, 0.05) is 11.0 Å². The van der Waals surface area contributed by atoms with Gasteiger partial charge in [-0.2, -0.15) is 0 Å². The third kappa shape index (κ3) is 3.09. The number of aryl methyl sites for hydroxylation is 1. The molecule has 7 heteroatoms. The number of aliphatic imine (C=N–C) groups is 1. The third-order valence-corrected chi connectivity index (χ3v) is 6.29. The predicted octanol–water partition coefficient (Wildman–Crippen LogP) is 3.96. The Bertz CT molecular complexity index is 1010. The van der Waals surface area contributed by atoms with Crippen LogP contribution in [-0.4, -0.2) is 35.7 Å². The minimum Gasteiger partial charge on any atom is -0.492 e. The quantitative estimate of drug-likeness (QED) is 0.334. The molecule has 0 unspecified atom stereocenters. The van der Waals surface area contributed by atoms with Crippen LogP contribution in [0.2, 0.25) is 0 Å². The summed E-state index contributed by atoms with van der Waals surface area (Å²) in [5, 5.41) is 2.71. The summed E-state index contributed by atoms with van der Waals surface area (Å²) in [7, 11) is 0. The molecule has 1 spiro atoms. The van der Waals surface area contributed by atoms with Gasteiger partial charge in [0.15, 0.2) is 0 Å². The minimum atomic E-state index is -0.933. The summed E-state index contributed by atoms with van der Waals surface area (Å²) in [6.45, 7) is 11.6. The Hall–Kier alpha value is -3.09. The van der Waals surface area contributed by atoms with Crippen molar-refractivity contribution in [3.63, 3.8) is 0 Å². The van der Waals surface area contributed by atoms with E-state index in [2.05, 4.69) is 17.0 Å². The highest BCUT2D eigenvalue weighted by Gasteiger charge is 2.53. The number of urea groups is 1. The van der Waals surface area contributed by atoms with Crippen molar-refractivity contribution in [1.29, 1.82) is 0 Å². The zero-order valence-electron chi connectivity index (χ0n) is 17.9. The maximum Gasteiger partial charge on any atom is 0.330 e. The highest BCUT2D eigenvalue weighted by Crippen LogP contribution is 2.59. The fourth-order valence-electron chi connectivity index (χ4n) is 4.00. The van der Waals surface area contributed by atoms with E-state index in [-0.39, 0.29) is 17.1 Å². The number of allylic oxidation sites excluding steroid dienone is 3. The molecule has 0 bridgehead atoms. The Kier molecular flexibility index (Phi) is 4.71. The highest BCUT2D eigenvalue weighted by atomic mass is 16.5. The SMILES string of the molecule is C=N/C(=C\C=C(/C)Oc1ccc(C)c2c1C1(CC1)CO2)N1C(=O)N[C@](C)(CC)C1=O. The molecule has 1 aliphatic carbocycles. The molecule has 30 heavy (non-hydrogen) atoms. The summed E-state index contributed by atoms with van der Waals surface area (Å²) < 4.78 is 12.1. The normalized spacial score (nSPS) is 24.6. The maximum atomic E-state index is 12.7. The number of carbonyl (C=O) groups excluding carboxylic acids is 2. The molecule has 1 N–H and O–H groups in total. The van der Waals surface area contributed by atoms with Crippen LogP contribution in [0, 0.1) is 6.92 Å². The first-order valence-electron chi connectivity index (χ1n) is 10.2. The number of carbonyl (C=O) groups is 2. The van der Waals surface area contributed by atoms with Crippen molar-refractivity contribution >= 4 is 18.7 Å². The molecule has 4 rings (SSSR count). The number of nitrogens with zero attached hydrogens (tertiary/aromatic N) is 2. The number of hydrogen-bond acceptors (Lipinski definition) is 5. The number of ether oxygens (including phenoxy) is 2. The average molecular weight is 409 g/mol. The molecule has 3 aliphatic rings. The van der Waals surface area contributed by atoms with Crippen LogP contribution < -0.4 is 14.8 Å². The Balaban J connectivity index is 1.58. The van der Waals surface area contributed by atoms with Gasteiger partial charge in [0.2, 0.25) is 0 Å². The summed E-state index contributed by atoms with van der Waals surface area (Å²) in [4.78, 5) is 29.9. The molecule has 1 saturated carbocycles. The first kappa shape index (κ1) is 20.2. The summed E-state index contributed by atoms with van der Waals surface area (Å²) in [5.74, 6) is 2.14. The van der Waals surface area contributed by atoms with Crippen molar-refractivity contribution in [1.82, 2.24) is 10.2 Å². The Morgan fingerprint density at radius 3 is 2.70 bits per heavy atom. The molecule has 1 saturated heterocycles. The summed E-state index contributed by atoms with van der Waals surface area (Å²) in [5.41, 5.74) is 1.41. The van der Waals surface area contributed by atoms with Crippen LogP contribution >= 0.6 is 0 Å². The number of amides is 3. The van der Waals surface area contributed by atoms with Gasteiger partial charge in [0.1, 0.15) is 28.6 Å². The lowest BCUT2D eigenvalue weighted by molar-refractivity contribution is -0.129. The van der Waals surface area contributed by atoms with E-state index < -0.39 is 11.6 Å². The van der Waals surface area contributed by atoms with Crippen molar-refractivity contribution in [2.75, 3.05) is 6.61 Å². The van der Waals surface area contributed by atoms with E-state index in [1.165, 1.54) is 0 Å². The number of nitrogens with one attached hydrogen (secondary N) is 1. The molecular formula is C23H27N3O4. The monoisotopic (exact) mass is 409 g/mol. The van der Waals surface area contributed by atoms with E-state index in [0.717, 1.165) is 40.4 Å². The van der Waals surface area contributed by atoms with E-state index in [9.17, 15) is 9.59 Å². The molecule has 2 heterocycles. The van der Waals surface area contributed by atoms with Gasteiger partial charge in [-0.3, -0.25) is 4.79 Å². The van der Waals surface area contributed by atoms with Gasteiger partial charge in [-0.1, -0.05) is 13.0 Å². The van der Waals surface area contributed by atoms with Crippen molar-refractivity contribution in [2.24, 2.45) is 4.99 Å². The second-order valence-corrected chi connectivity index (χ2v) is 8.47. The second-order valence-electron chi connectivity index (χ2n) is 8.47. The average Bonchev–Trinajstić information content (AvgIpc) is 3.33. The van der Waals surface area contributed by atoms with Gasteiger partial charge in [-0.15, -0.1) is 0 Å². The maximum absolute atomic E-state index is 12.7. The molecule has 7 nitrogen and oxygen atoms in total. The molecule has 2 fully saturated rings. The number of benzene rings is 1. The van der Waals surface area contributed by atoms with Gasteiger partial charge in [0.05, 0.1) is 6.61 Å². The van der Waals surface area contributed by atoms with E-state index in [0.29, 0.717) is 18.8 Å². The summed E-state index contributed by atoms with van der Waals surface area (Å²) >= 11 is 0. The van der Waals surface area contributed by atoms with Crippen LogP contribution in [0.3, 0.4) is 0 Å². The van der Waals surface area contributed by atoms with Crippen molar-refractivity contribution < 1.29 is 19.1 Å². The van der Waals surface area contributed by atoms with Crippen LogP contribution in [0.5, 0.6) is 11.5 Å². The highest BCUT2D eigenvalue weighted by molar-refractivity contribution is 6.08. The van der Waals surface area contributed by atoms with Crippen molar-refractivity contribution in [3.05, 3.63) is 47.0 Å². The smallest absolute Gasteiger partial charge is 0.330 e. The molecule has 1 aromatic carbocycles. The van der Waals surface area contributed by atoms with E-state index in [1.807, 2.05) is 32.9 Å². The molecule has 0 aromatic heterocycles. The molecular weight excluding hydrogens is 382 g/mol. The fraction of sp³-hybridized carbons (Fsp3) is 0.435. The van der Waals surface area contributed by atoms with Crippen LogP contribution in [0.1, 0.15) is 51.2 Å². The number of imide groups is 1. The topological polar surface area (TPSA) is 80.2 Å². The first-order chi connectivity index (χ1) is 14.2. The first-order valence-corrected chi connectivity index (χ1v) is 10.2. The van der Waals surface area contributed by atoms with E-state index >= 15 is 0 Å². The lowest BCUT2D eigenvalue weighted by atomic mass is 9.95. The summed E-state index contributed by atoms with van der Waals surface area (Å²) in [6.07, 6.45) is 5.95. The molecule has 1 aromatic rings. The molecule has 1 atom stereocenters. The van der Waals surface area contributed by atoms with Gasteiger partial charge in [0.25, 0.3) is 5.91 Å². The molecule has 0 radical (unpaired) electrons.